The molecule has 0 saturated heterocycles. The second kappa shape index (κ2) is 9.20. The third kappa shape index (κ3) is 4.55. The number of nitrogens with one attached hydrogen (secondary N) is 1. The molecule has 0 spiro atoms. The minimum atomic E-state index is -0.561. The van der Waals surface area contributed by atoms with Gasteiger partial charge in [-0.25, -0.2) is 9.78 Å². The predicted molar refractivity (Wildman–Crippen MR) is 111 cm³/mol. The average molecular weight is 396 g/mol. The van der Waals surface area contributed by atoms with Crippen molar-refractivity contribution in [3.63, 3.8) is 0 Å². The molecule has 0 aliphatic carbocycles. The van der Waals surface area contributed by atoms with Crippen molar-refractivity contribution in [2.24, 2.45) is 0 Å². The highest BCUT2D eigenvalue weighted by Crippen LogP contribution is 2.32. The number of carbonyl (C=O) groups excluding carboxylic acids is 2. The van der Waals surface area contributed by atoms with Gasteiger partial charge in [-0.05, 0) is 24.5 Å². The number of carbonyl (C=O) groups is 2. The molecule has 0 bridgehead atoms. The Kier molecular flexibility index (Phi) is 6.46. The second-order valence-electron chi connectivity index (χ2n) is 6.58. The van der Waals surface area contributed by atoms with Crippen LogP contribution in [0.4, 0.5) is 11.4 Å². The van der Waals surface area contributed by atoms with Gasteiger partial charge in [0.25, 0.3) is 0 Å². The van der Waals surface area contributed by atoms with Gasteiger partial charge in [-0.15, -0.1) is 0 Å². The monoisotopic (exact) mass is 396 g/mol. The number of methoxy groups -OCH3 is 2. The van der Waals surface area contributed by atoms with E-state index in [2.05, 4.69) is 22.4 Å². The number of aromatic nitrogens is 2. The Bertz CT molecular complexity index is 1010. The first-order valence-corrected chi connectivity index (χ1v) is 9.24. The maximum Gasteiger partial charge on any atom is 0.356 e. The number of anilines is 2. The summed E-state index contributed by atoms with van der Waals surface area (Å²) in [6, 6.07) is 11.8. The minimum absolute atomic E-state index is 0.142. The first-order chi connectivity index (χ1) is 14.0. The number of nitrogens with two attached hydrogens (primary N) is 1. The van der Waals surface area contributed by atoms with Gasteiger partial charge in [0.15, 0.2) is 5.69 Å². The fourth-order valence-electron chi connectivity index (χ4n) is 3.29. The topological polar surface area (TPSA) is 108 Å². The number of pyridine rings is 1. The van der Waals surface area contributed by atoms with E-state index >= 15 is 0 Å². The smallest absolute Gasteiger partial charge is 0.356 e. The number of ether oxygens (including phenoxy) is 2. The number of hydrogen-bond donors (Lipinski definition) is 2. The van der Waals surface area contributed by atoms with Crippen molar-refractivity contribution >= 4 is 34.3 Å². The Morgan fingerprint density at radius 3 is 2.66 bits per heavy atom. The summed E-state index contributed by atoms with van der Waals surface area (Å²) in [5.74, 6) is -0.947. The zero-order valence-electron chi connectivity index (χ0n) is 16.5. The Morgan fingerprint density at radius 1 is 1.21 bits per heavy atom. The zero-order chi connectivity index (χ0) is 20.8. The predicted octanol–water partition coefficient (Wildman–Crippen LogP) is 2.62. The van der Waals surface area contributed by atoms with E-state index < -0.39 is 5.97 Å². The van der Waals surface area contributed by atoms with Gasteiger partial charge in [-0.2, -0.15) is 0 Å². The van der Waals surface area contributed by atoms with E-state index in [1.165, 1.54) is 26.0 Å². The summed E-state index contributed by atoms with van der Waals surface area (Å²) in [5.41, 5.74) is 8.65. The van der Waals surface area contributed by atoms with Crippen LogP contribution >= 0.6 is 0 Å². The number of benzene rings is 1. The van der Waals surface area contributed by atoms with Crippen molar-refractivity contribution in [2.45, 2.75) is 19.4 Å². The highest BCUT2D eigenvalue weighted by Gasteiger charge is 2.25. The summed E-state index contributed by atoms with van der Waals surface area (Å²) in [6.45, 7) is 0.379. The molecule has 1 aromatic carbocycles. The molecule has 0 radical (unpaired) electrons. The van der Waals surface area contributed by atoms with Crippen molar-refractivity contribution in [1.29, 1.82) is 0 Å². The molecule has 2 aromatic heterocycles. The van der Waals surface area contributed by atoms with Crippen molar-refractivity contribution in [3.05, 3.63) is 53.9 Å². The SMILES string of the molecule is COCC(=O)Nc1c(C(=O)OC)n(CCCc2ccccc2)c2ncc(N)cc12. The van der Waals surface area contributed by atoms with Crippen molar-refractivity contribution < 1.29 is 19.1 Å². The number of nitrogen functional groups attached to an aromatic ring is 1. The molecule has 3 N–H and O–H groups in total. The lowest BCUT2D eigenvalue weighted by molar-refractivity contribution is -0.119. The summed E-state index contributed by atoms with van der Waals surface area (Å²) in [5, 5.41) is 3.32. The van der Waals surface area contributed by atoms with E-state index in [0.717, 1.165) is 12.8 Å². The number of nitrogens with zero attached hydrogens (tertiary/aromatic N) is 2. The van der Waals surface area contributed by atoms with Gasteiger partial charge in [-0.3, -0.25) is 4.79 Å². The fourth-order valence-corrected chi connectivity index (χ4v) is 3.29. The van der Waals surface area contributed by atoms with E-state index in [1.807, 2.05) is 18.2 Å². The lowest BCUT2D eigenvalue weighted by Gasteiger charge is -2.11. The Labute approximate surface area is 168 Å². The largest absolute Gasteiger partial charge is 0.464 e. The van der Waals surface area contributed by atoms with Crippen LogP contribution in [0.5, 0.6) is 0 Å². The molecule has 3 aromatic rings. The highest BCUT2D eigenvalue weighted by atomic mass is 16.5. The lowest BCUT2D eigenvalue weighted by Crippen LogP contribution is -2.20. The van der Waals surface area contributed by atoms with Gasteiger partial charge < -0.3 is 25.1 Å². The van der Waals surface area contributed by atoms with Crippen LogP contribution in [0.25, 0.3) is 11.0 Å². The third-order valence-electron chi connectivity index (χ3n) is 4.53. The first-order valence-electron chi connectivity index (χ1n) is 9.24. The zero-order valence-corrected chi connectivity index (χ0v) is 16.5. The molecule has 8 nitrogen and oxygen atoms in total. The van der Waals surface area contributed by atoms with Crippen LogP contribution in [0, 0.1) is 0 Å². The van der Waals surface area contributed by atoms with E-state index in [4.69, 9.17) is 15.2 Å². The highest BCUT2D eigenvalue weighted by molar-refractivity contribution is 6.11. The van der Waals surface area contributed by atoms with Gasteiger partial charge >= 0.3 is 5.97 Å². The summed E-state index contributed by atoms with van der Waals surface area (Å²) in [4.78, 5) is 29.2. The minimum Gasteiger partial charge on any atom is -0.464 e. The number of rotatable bonds is 8. The molecule has 0 unspecified atom stereocenters. The number of amides is 1. The standard InChI is InChI=1S/C21H24N4O4/c1-28-13-17(26)24-18-16-11-15(22)12-23-20(16)25(19(18)21(27)29-2)10-6-9-14-7-4-3-5-8-14/h3-5,7-8,11-12H,6,9-10,13,22H2,1-2H3,(H,24,26). The third-order valence-corrected chi connectivity index (χ3v) is 4.53. The summed E-state index contributed by atoms with van der Waals surface area (Å²) >= 11 is 0. The Balaban J connectivity index is 2.01. The van der Waals surface area contributed by atoms with Crippen molar-refractivity contribution in [2.75, 3.05) is 31.9 Å². The van der Waals surface area contributed by atoms with Crippen LogP contribution in [0.3, 0.4) is 0 Å². The molecule has 3 rings (SSSR count). The van der Waals surface area contributed by atoms with E-state index in [1.54, 1.807) is 10.6 Å². The van der Waals surface area contributed by atoms with Crippen LogP contribution in [-0.2, 0) is 27.2 Å². The Morgan fingerprint density at radius 2 is 1.97 bits per heavy atom. The van der Waals surface area contributed by atoms with Gasteiger partial charge in [0, 0.05) is 19.0 Å². The normalized spacial score (nSPS) is 10.8. The molecule has 0 saturated carbocycles. The van der Waals surface area contributed by atoms with Crippen LogP contribution in [0.2, 0.25) is 0 Å². The molecule has 0 aliphatic heterocycles. The summed E-state index contributed by atoms with van der Waals surface area (Å²) in [7, 11) is 2.73. The van der Waals surface area contributed by atoms with Gasteiger partial charge in [-0.1, -0.05) is 30.3 Å². The second-order valence-corrected chi connectivity index (χ2v) is 6.58. The number of fused-ring (bicyclic) bond motifs is 1. The summed E-state index contributed by atoms with van der Waals surface area (Å²) in [6.07, 6.45) is 3.13. The van der Waals surface area contributed by atoms with Gasteiger partial charge in [0.05, 0.1) is 24.7 Å². The van der Waals surface area contributed by atoms with Crippen molar-refractivity contribution in [3.8, 4) is 0 Å². The van der Waals surface area contributed by atoms with E-state index in [0.29, 0.717) is 29.0 Å². The van der Waals surface area contributed by atoms with Gasteiger partial charge in [0.1, 0.15) is 12.3 Å². The van der Waals surface area contributed by atoms with Gasteiger partial charge in [0.2, 0.25) is 5.91 Å². The molecule has 0 fully saturated rings. The number of hydrogen-bond acceptors (Lipinski definition) is 6. The Hall–Kier alpha value is -3.39. The van der Waals surface area contributed by atoms with E-state index in [-0.39, 0.29) is 18.2 Å². The molecule has 2 heterocycles. The molecule has 8 heteroatoms. The molecule has 152 valence electrons. The quantitative estimate of drug-likeness (QED) is 0.567. The number of aryl methyl sites for hydroxylation is 2. The summed E-state index contributed by atoms with van der Waals surface area (Å²) < 4.78 is 11.6. The molecule has 1 amide bonds. The maximum absolute atomic E-state index is 12.6. The van der Waals surface area contributed by atoms with Crippen LogP contribution in [0.15, 0.2) is 42.6 Å². The molecular weight excluding hydrogens is 372 g/mol. The van der Waals surface area contributed by atoms with Crippen LogP contribution in [-0.4, -0.2) is 42.3 Å². The maximum atomic E-state index is 12.6. The van der Waals surface area contributed by atoms with Crippen LogP contribution in [0.1, 0.15) is 22.5 Å². The van der Waals surface area contributed by atoms with Crippen LogP contribution < -0.4 is 11.1 Å². The molecule has 0 atom stereocenters. The number of esters is 1. The molecule has 0 aliphatic rings. The van der Waals surface area contributed by atoms with E-state index in [9.17, 15) is 9.59 Å². The van der Waals surface area contributed by atoms with Crippen molar-refractivity contribution in [1.82, 2.24) is 9.55 Å². The molecule has 29 heavy (non-hydrogen) atoms. The first kappa shape index (κ1) is 20.3. The lowest BCUT2D eigenvalue weighted by atomic mass is 10.1. The molecular formula is C21H24N4O4. The average Bonchev–Trinajstić information content (AvgIpc) is 3.01. The fraction of sp³-hybridized carbons (Fsp3) is 0.286.